The summed E-state index contributed by atoms with van der Waals surface area (Å²) in [6, 6.07) is 17.4. The summed E-state index contributed by atoms with van der Waals surface area (Å²) in [5.74, 6) is 2.35. The van der Waals surface area contributed by atoms with Crippen molar-refractivity contribution in [2.45, 2.75) is 45.8 Å². The van der Waals surface area contributed by atoms with Crippen LogP contribution in [0.15, 0.2) is 65.6 Å². The van der Waals surface area contributed by atoms with E-state index in [1.165, 1.54) is 6.92 Å². The summed E-state index contributed by atoms with van der Waals surface area (Å²) in [7, 11) is 3.28. The van der Waals surface area contributed by atoms with Gasteiger partial charge in [0.2, 0.25) is 11.9 Å². The van der Waals surface area contributed by atoms with Crippen molar-refractivity contribution in [2.75, 3.05) is 31.0 Å². The van der Waals surface area contributed by atoms with E-state index < -0.39 is 0 Å². The van der Waals surface area contributed by atoms with E-state index in [9.17, 15) is 9.59 Å². The van der Waals surface area contributed by atoms with Gasteiger partial charge >= 0.3 is 0 Å². The lowest BCUT2D eigenvalue weighted by atomic mass is 10.1. The number of aromatic amines is 1. The number of amides is 1. The number of methoxy groups -OCH3 is 2. The van der Waals surface area contributed by atoms with Crippen molar-refractivity contribution < 1.29 is 14.3 Å². The van der Waals surface area contributed by atoms with Crippen LogP contribution in [-0.2, 0) is 17.9 Å². The Hall–Kier alpha value is -4.60. The van der Waals surface area contributed by atoms with Crippen LogP contribution in [0.1, 0.15) is 37.8 Å². The molecular weight excluding hydrogens is 508 g/mol. The number of carbonyl (C=O) groups excluding carboxylic acids is 1. The zero-order valence-corrected chi connectivity index (χ0v) is 23.4. The second-order valence-corrected chi connectivity index (χ2v) is 9.56. The van der Waals surface area contributed by atoms with Crippen LogP contribution in [0.25, 0.3) is 10.9 Å². The first-order valence-corrected chi connectivity index (χ1v) is 13.3. The van der Waals surface area contributed by atoms with E-state index in [1.54, 1.807) is 26.5 Å². The molecule has 2 aromatic carbocycles. The predicted octanol–water partition coefficient (Wildman–Crippen LogP) is 4.26. The fraction of sp³-hybridized carbons (Fsp3) is 0.333. The Bertz CT molecular complexity index is 1420. The van der Waals surface area contributed by atoms with E-state index in [0.717, 1.165) is 35.5 Å². The lowest BCUT2D eigenvalue weighted by molar-refractivity contribution is -0.119. The molecule has 0 fully saturated rings. The minimum absolute atomic E-state index is 0.112. The minimum atomic E-state index is -0.279. The molecule has 0 aliphatic heterocycles. The average molecular weight is 545 g/mol. The Kier molecular flexibility index (Phi) is 9.56. The molecule has 0 radical (unpaired) electrons. The third kappa shape index (κ3) is 7.28. The third-order valence-electron chi connectivity index (χ3n) is 6.53. The molecule has 10 nitrogen and oxygen atoms in total. The van der Waals surface area contributed by atoms with Crippen LogP contribution in [0.3, 0.4) is 0 Å². The van der Waals surface area contributed by atoms with Crippen LogP contribution >= 0.6 is 0 Å². The molecular formula is C30H36N6O4. The van der Waals surface area contributed by atoms with Crippen LogP contribution in [0.5, 0.6) is 11.5 Å². The van der Waals surface area contributed by atoms with Crippen molar-refractivity contribution in [1.29, 1.82) is 0 Å². The van der Waals surface area contributed by atoms with Crippen molar-refractivity contribution in [3.05, 3.63) is 82.3 Å². The number of benzene rings is 2. The number of aromatic nitrogens is 3. The van der Waals surface area contributed by atoms with Gasteiger partial charge in [-0.3, -0.25) is 9.59 Å². The maximum atomic E-state index is 12.9. The first-order chi connectivity index (χ1) is 19.4. The van der Waals surface area contributed by atoms with Gasteiger partial charge in [-0.25, -0.2) is 4.98 Å². The lowest BCUT2D eigenvalue weighted by Crippen LogP contribution is -2.36. The molecule has 0 aliphatic carbocycles. The van der Waals surface area contributed by atoms with E-state index in [0.29, 0.717) is 42.3 Å². The Morgan fingerprint density at radius 2 is 1.55 bits per heavy atom. The molecule has 10 heteroatoms. The fourth-order valence-electron chi connectivity index (χ4n) is 4.46. The summed E-state index contributed by atoms with van der Waals surface area (Å²) in [5.41, 5.74) is 2.35. The zero-order valence-electron chi connectivity index (χ0n) is 23.4. The lowest BCUT2D eigenvalue weighted by Gasteiger charge is -2.25. The number of hydrogen-bond acceptors (Lipinski definition) is 8. The number of ether oxygens (including phenoxy) is 2. The van der Waals surface area contributed by atoms with Crippen molar-refractivity contribution in [1.82, 2.24) is 20.3 Å². The summed E-state index contributed by atoms with van der Waals surface area (Å²) in [6.45, 7) is 5.02. The number of pyridine rings is 1. The van der Waals surface area contributed by atoms with E-state index in [-0.39, 0.29) is 17.5 Å². The van der Waals surface area contributed by atoms with Gasteiger partial charge in [0.15, 0.2) is 0 Å². The summed E-state index contributed by atoms with van der Waals surface area (Å²) in [5, 5.41) is 6.68. The second kappa shape index (κ2) is 13.5. The molecule has 2 aromatic heterocycles. The van der Waals surface area contributed by atoms with Gasteiger partial charge in [0, 0.05) is 38.8 Å². The number of nitrogens with one attached hydrogen (secondary N) is 3. The first kappa shape index (κ1) is 28.4. The van der Waals surface area contributed by atoms with Crippen molar-refractivity contribution in [2.24, 2.45) is 0 Å². The van der Waals surface area contributed by atoms with E-state index >= 15 is 0 Å². The van der Waals surface area contributed by atoms with Crippen molar-refractivity contribution in [3.8, 4) is 11.5 Å². The Labute approximate surface area is 233 Å². The molecule has 3 N–H and O–H groups in total. The SMILES string of the molecule is CCCC(CNC(C)=O)Nc1nc(N(Cc2ccc(OC)cc2)Cc2ccc(OC)cc2)nc2cc[nH]c(=O)c12. The number of rotatable bonds is 13. The standard InChI is InChI=1S/C30H36N6O4/c1-5-6-23(17-32-20(2)37)33-28-27-26(15-16-31-29(27)38)34-30(35-28)36(18-21-7-11-24(39-3)12-8-21)19-22-9-13-25(40-4)14-10-22/h7-16,23H,5-6,17-19H2,1-4H3,(H,31,38)(H,32,37)(H,33,34,35). The highest BCUT2D eigenvalue weighted by Crippen LogP contribution is 2.25. The van der Waals surface area contributed by atoms with E-state index in [1.807, 2.05) is 48.5 Å². The third-order valence-corrected chi connectivity index (χ3v) is 6.53. The smallest absolute Gasteiger partial charge is 0.261 e. The number of anilines is 2. The molecule has 0 spiro atoms. The number of hydrogen-bond donors (Lipinski definition) is 3. The first-order valence-electron chi connectivity index (χ1n) is 13.3. The molecule has 1 atom stereocenters. The molecule has 40 heavy (non-hydrogen) atoms. The van der Waals surface area contributed by atoms with Gasteiger partial charge in [-0.15, -0.1) is 0 Å². The molecule has 1 unspecified atom stereocenters. The summed E-state index contributed by atoms with van der Waals surface area (Å²) < 4.78 is 10.7. The zero-order chi connectivity index (χ0) is 28.5. The van der Waals surface area contributed by atoms with E-state index in [2.05, 4.69) is 27.4 Å². The summed E-state index contributed by atoms with van der Waals surface area (Å²) >= 11 is 0. The number of carbonyl (C=O) groups is 1. The topological polar surface area (TPSA) is 121 Å². The molecule has 4 aromatic rings. The highest BCUT2D eigenvalue weighted by molar-refractivity contribution is 5.89. The number of H-pyrrole nitrogens is 1. The normalized spacial score (nSPS) is 11.6. The van der Waals surface area contributed by atoms with Gasteiger partial charge in [0.05, 0.1) is 19.7 Å². The predicted molar refractivity (Wildman–Crippen MR) is 157 cm³/mol. The van der Waals surface area contributed by atoms with Crippen LogP contribution < -0.4 is 30.6 Å². The fourth-order valence-corrected chi connectivity index (χ4v) is 4.46. The van der Waals surface area contributed by atoms with Gasteiger partial charge in [-0.1, -0.05) is 37.6 Å². The highest BCUT2D eigenvalue weighted by atomic mass is 16.5. The van der Waals surface area contributed by atoms with Gasteiger partial charge in [0.1, 0.15) is 22.7 Å². The molecule has 0 aliphatic rings. The van der Waals surface area contributed by atoms with Gasteiger partial charge in [-0.05, 0) is 47.9 Å². The largest absolute Gasteiger partial charge is 0.497 e. The molecule has 0 saturated carbocycles. The van der Waals surface area contributed by atoms with Gasteiger partial charge < -0.3 is 30.0 Å². The molecule has 0 bridgehead atoms. The molecule has 4 rings (SSSR count). The monoisotopic (exact) mass is 544 g/mol. The molecule has 0 saturated heterocycles. The maximum absolute atomic E-state index is 12.9. The number of fused-ring (bicyclic) bond motifs is 1. The van der Waals surface area contributed by atoms with Crippen molar-refractivity contribution >= 4 is 28.6 Å². The van der Waals surface area contributed by atoms with Crippen LogP contribution in [0.4, 0.5) is 11.8 Å². The Morgan fingerprint density at radius 3 is 2.08 bits per heavy atom. The number of nitrogens with zero attached hydrogens (tertiary/aromatic N) is 3. The quantitative estimate of drug-likeness (QED) is 0.228. The van der Waals surface area contributed by atoms with Crippen molar-refractivity contribution in [3.63, 3.8) is 0 Å². The average Bonchev–Trinajstić information content (AvgIpc) is 2.96. The van der Waals surface area contributed by atoms with Crippen LogP contribution in [-0.4, -0.2) is 47.7 Å². The Morgan fingerprint density at radius 1 is 0.950 bits per heavy atom. The van der Waals surface area contributed by atoms with E-state index in [4.69, 9.17) is 19.4 Å². The highest BCUT2D eigenvalue weighted by Gasteiger charge is 2.19. The molecule has 210 valence electrons. The summed E-state index contributed by atoms with van der Waals surface area (Å²) in [6.07, 6.45) is 3.27. The van der Waals surface area contributed by atoms with Crippen LogP contribution in [0.2, 0.25) is 0 Å². The minimum Gasteiger partial charge on any atom is -0.497 e. The molecule has 1 amide bonds. The summed E-state index contributed by atoms with van der Waals surface area (Å²) in [4.78, 5) is 39.0. The van der Waals surface area contributed by atoms with Gasteiger partial charge in [0.25, 0.3) is 5.56 Å². The maximum Gasteiger partial charge on any atom is 0.261 e. The Balaban J connectivity index is 1.76. The second-order valence-electron chi connectivity index (χ2n) is 9.56. The van der Waals surface area contributed by atoms with Crippen LogP contribution in [0, 0.1) is 0 Å². The van der Waals surface area contributed by atoms with Gasteiger partial charge in [-0.2, -0.15) is 4.98 Å². The molecule has 2 heterocycles.